The van der Waals surface area contributed by atoms with Gasteiger partial charge in [-0.2, -0.15) is 0 Å². The van der Waals surface area contributed by atoms with E-state index in [9.17, 15) is 4.79 Å². The molecule has 1 heterocycles. The lowest BCUT2D eigenvalue weighted by Crippen LogP contribution is -2.41. The molecule has 0 aromatic heterocycles. The summed E-state index contributed by atoms with van der Waals surface area (Å²) in [6.45, 7) is 4.13. The second kappa shape index (κ2) is 8.09. The second-order valence-electron chi connectivity index (χ2n) is 6.83. The molecule has 1 aliphatic heterocycles. The van der Waals surface area contributed by atoms with Gasteiger partial charge in [-0.05, 0) is 61.8 Å². The van der Waals surface area contributed by atoms with E-state index in [2.05, 4.69) is 17.0 Å². The summed E-state index contributed by atoms with van der Waals surface area (Å²) in [5.74, 6) is 2.34. The van der Waals surface area contributed by atoms with Crippen LogP contribution in [0.1, 0.15) is 49.8 Å². The highest BCUT2D eigenvalue weighted by Gasteiger charge is 2.41. The molecular weight excluding hydrogens is 318 g/mol. The van der Waals surface area contributed by atoms with E-state index in [1.807, 2.05) is 6.92 Å². The Morgan fingerprint density at radius 2 is 1.92 bits per heavy atom. The van der Waals surface area contributed by atoms with E-state index < -0.39 is 0 Å². The number of benzene rings is 1. The summed E-state index contributed by atoms with van der Waals surface area (Å²) in [5, 5.41) is 0. The van der Waals surface area contributed by atoms with Gasteiger partial charge in [0.15, 0.2) is 11.5 Å². The number of carbonyl (C=O) groups excluding carboxylic acids is 1. The molecule has 0 bridgehead atoms. The van der Waals surface area contributed by atoms with Gasteiger partial charge < -0.3 is 19.1 Å². The Kier molecular flexibility index (Phi) is 5.84. The van der Waals surface area contributed by atoms with Crippen molar-refractivity contribution < 1.29 is 19.0 Å². The molecule has 138 valence electrons. The van der Waals surface area contributed by atoms with Crippen LogP contribution in [0.5, 0.6) is 11.5 Å². The van der Waals surface area contributed by atoms with Gasteiger partial charge in [-0.15, -0.1) is 0 Å². The highest BCUT2D eigenvalue weighted by Crippen LogP contribution is 2.49. The van der Waals surface area contributed by atoms with Crippen molar-refractivity contribution >= 4 is 5.91 Å². The van der Waals surface area contributed by atoms with Crippen molar-refractivity contribution in [2.75, 3.05) is 34.0 Å². The van der Waals surface area contributed by atoms with Crippen LogP contribution < -0.4 is 9.47 Å². The van der Waals surface area contributed by atoms with E-state index in [0.29, 0.717) is 25.6 Å². The highest BCUT2D eigenvalue weighted by atomic mass is 16.5. The molecule has 1 saturated carbocycles. The molecule has 0 saturated heterocycles. The van der Waals surface area contributed by atoms with E-state index in [-0.39, 0.29) is 11.9 Å². The van der Waals surface area contributed by atoms with Crippen LogP contribution in [0.4, 0.5) is 0 Å². The first-order valence-electron chi connectivity index (χ1n) is 9.31. The summed E-state index contributed by atoms with van der Waals surface area (Å²) in [4.78, 5) is 14.9. The third-order valence-electron chi connectivity index (χ3n) is 5.19. The van der Waals surface area contributed by atoms with Gasteiger partial charge in [0.2, 0.25) is 5.91 Å². The van der Waals surface area contributed by atoms with Gasteiger partial charge in [-0.1, -0.05) is 0 Å². The third kappa shape index (κ3) is 3.92. The molecule has 1 aromatic rings. The standard InChI is InChI=1S/C20H29NO4/c1-4-25-11-5-6-19(22)21-10-9-15-12-17(23-2)18(24-3)13-16(15)20(21)14-7-8-14/h12-14,20H,4-11H2,1-3H3/t20-/m0/s1. The molecule has 0 spiro atoms. The zero-order valence-corrected chi connectivity index (χ0v) is 15.5. The van der Waals surface area contributed by atoms with E-state index in [0.717, 1.165) is 30.9 Å². The molecule has 2 aliphatic rings. The van der Waals surface area contributed by atoms with Crippen molar-refractivity contribution in [2.45, 2.75) is 45.1 Å². The topological polar surface area (TPSA) is 48.0 Å². The lowest BCUT2D eigenvalue weighted by molar-refractivity contribution is -0.135. The summed E-state index contributed by atoms with van der Waals surface area (Å²) >= 11 is 0. The van der Waals surface area contributed by atoms with E-state index in [1.165, 1.54) is 24.0 Å². The number of carbonyl (C=O) groups is 1. The maximum absolute atomic E-state index is 12.8. The fourth-order valence-corrected chi connectivity index (χ4v) is 3.79. The van der Waals surface area contributed by atoms with Gasteiger partial charge in [0.05, 0.1) is 20.3 Å². The number of ether oxygens (including phenoxy) is 3. The summed E-state index contributed by atoms with van der Waals surface area (Å²) < 4.78 is 16.3. The molecule has 0 unspecified atom stereocenters. The molecule has 3 rings (SSSR count). The molecule has 0 radical (unpaired) electrons. The van der Waals surface area contributed by atoms with Gasteiger partial charge in [0, 0.05) is 26.2 Å². The molecule has 1 atom stereocenters. The largest absolute Gasteiger partial charge is 0.493 e. The summed E-state index contributed by atoms with van der Waals surface area (Å²) in [6.07, 6.45) is 4.61. The van der Waals surface area contributed by atoms with Crippen molar-refractivity contribution in [1.29, 1.82) is 0 Å². The Morgan fingerprint density at radius 3 is 2.56 bits per heavy atom. The van der Waals surface area contributed by atoms with Crippen LogP contribution in [-0.4, -0.2) is 44.8 Å². The Morgan fingerprint density at radius 1 is 1.20 bits per heavy atom. The van der Waals surface area contributed by atoms with Crippen molar-refractivity contribution in [3.05, 3.63) is 23.3 Å². The van der Waals surface area contributed by atoms with Gasteiger partial charge in [0.25, 0.3) is 0 Å². The number of nitrogens with zero attached hydrogens (tertiary/aromatic N) is 1. The van der Waals surface area contributed by atoms with Crippen LogP contribution >= 0.6 is 0 Å². The number of hydrogen-bond donors (Lipinski definition) is 0. The van der Waals surface area contributed by atoms with Gasteiger partial charge >= 0.3 is 0 Å². The summed E-state index contributed by atoms with van der Waals surface area (Å²) in [6, 6.07) is 4.35. The van der Waals surface area contributed by atoms with Crippen LogP contribution in [-0.2, 0) is 16.0 Å². The molecular formula is C20H29NO4. The van der Waals surface area contributed by atoms with Crippen molar-refractivity contribution in [3.8, 4) is 11.5 Å². The summed E-state index contributed by atoms with van der Waals surface area (Å²) in [5.41, 5.74) is 2.53. The lowest BCUT2D eigenvalue weighted by atomic mass is 9.88. The maximum atomic E-state index is 12.8. The van der Waals surface area contributed by atoms with Crippen molar-refractivity contribution in [1.82, 2.24) is 4.90 Å². The average Bonchev–Trinajstić information content (AvgIpc) is 3.47. The van der Waals surface area contributed by atoms with Gasteiger partial charge in [-0.25, -0.2) is 0 Å². The average molecular weight is 347 g/mol. The number of methoxy groups -OCH3 is 2. The Labute approximate surface area is 150 Å². The Hall–Kier alpha value is -1.75. The number of amides is 1. The van der Waals surface area contributed by atoms with E-state index >= 15 is 0 Å². The normalized spacial score (nSPS) is 19.5. The van der Waals surface area contributed by atoms with Crippen molar-refractivity contribution in [2.24, 2.45) is 5.92 Å². The number of fused-ring (bicyclic) bond motifs is 1. The van der Waals surface area contributed by atoms with Crippen LogP contribution in [0.3, 0.4) is 0 Å². The minimum atomic E-state index is 0.183. The van der Waals surface area contributed by atoms with Crippen LogP contribution in [0.2, 0.25) is 0 Å². The van der Waals surface area contributed by atoms with E-state index in [1.54, 1.807) is 14.2 Å². The Balaban J connectivity index is 1.80. The SMILES string of the molecule is CCOCCCC(=O)N1CCc2cc(OC)c(OC)cc2[C@@H]1C1CC1. The first-order valence-corrected chi connectivity index (χ1v) is 9.31. The third-order valence-corrected chi connectivity index (χ3v) is 5.19. The molecule has 5 heteroatoms. The first-order chi connectivity index (χ1) is 12.2. The van der Waals surface area contributed by atoms with Crippen LogP contribution in [0.25, 0.3) is 0 Å². The zero-order valence-electron chi connectivity index (χ0n) is 15.5. The molecule has 5 nitrogen and oxygen atoms in total. The van der Waals surface area contributed by atoms with Crippen molar-refractivity contribution in [3.63, 3.8) is 0 Å². The minimum Gasteiger partial charge on any atom is -0.493 e. The highest BCUT2D eigenvalue weighted by molar-refractivity contribution is 5.77. The molecule has 1 aromatic carbocycles. The maximum Gasteiger partial charge on any atom is 0.223 e. The van der Waals surface area contributed by atoms with Gasteiger partial charge in [-0.3, -0.25) is 4.79 Å². The predicted molar refractivity (Wildman–Crippen MR) is 96.2 cm³/mol. The van der Waals surface area contributed by atoms with Crippen LogP contribution in [0.15, 0.2) is 12.1 Å². The fraction of sp³-hybridized carbons (Fsp3) is 0.650. The monoisotopic (exact) mass is 347 g/mol. The Bertz CT molecular complexity index is 612. The number of rotatable bonds is 8. The fourth-order valence-electron chi connectivity index (χ4n) is 3.79. The molecule has 1 aliphatic carbocycles. The predicted octanol–water partition coefficient (Wildman–Crippen LogP) is 3.36. The zero-order chi connectivity index (χ0) is 17.8. The molecule has 1 fully saturated rings. The second-order valence-corrected chi connectivity index (χ2v) is 6.83. The van der Waals surface area contributed by atoms with E-state index in [4.69, 9.17) is 14.2 Å². The molecule has 25 heavy (non-hydrogen) atoms. The lowest BCUT2D eigenvalue weighted by Gasteiger charge is -2.38. The molecule has 1 amide bonds. The first kappa shape index (κ1) is 18.1. The van der Waals surface area contributed by atoms with Crippen LogP contribution in [0, 0.1) is 5.92 Å². The van der Waals surface area contributed by atoms with Gasteiger partial charge in [0.1, 0.15) is 0 Å². The minimum absolute atomic E-state index is 0.183. The number of hydrogen-bond acceptors (Lipinski definition) is 4. The molecule has 0 N–H and O–H groups in total. The smallest absolute Gasteiger partial charge is 0.223 e. The quantitative estimate of drug-likeness (QED) is 0.677. The summed E-state index contributed by atoms with van der Waals surface area (Å²) in [7, 11) is 3.33.